The molecule has 0 spiro atoms. The van der Waals surface area contributed by atoms with Crippen molar-refractivity contribution in [2.24, 2.45) is 0 Å². The van der Waals surface area contributed by atoms with Crippen LogP contribution in [0.25, 0.3) is 27.8 Å². The van der Waals surface area contributed by atoms with Gasteiger partial charge in [0.15, 0.2) is 11.8 Å². The topological polar surface area (TPSA) is 109 Å². The second kappa shape index (κ2) is 6.87. The number of rotatable bonds is 5. The van der Waals surface area contributed by atoms with Gasteiger partial charge in [-0.05, 0) is 26.0 Å². The monoisotopic (exact) mass is 408 g/mol. The van der Waals surface area contributed by atoms with E-state index >= 15 is 0 Å². The Morgan fingerprint density at radius 3 is 2.90 bits per heavy atom. The number of aromatic nitrogens is 8. The molecule has 5 aromatic heterocycles. The number of nitrogens with zero attached hydrogens (tertiary/aromatic N) is 8. The van der Waals surface area contributed by atoms with Gasteiger partial charge in [-0.2, -0.15) is 10.1 Å². The minimum absolute atomic E-state index is 0.0433. The van der Waals surface area contributed by atoms with Crippen LogP contribution in [-0.4, -0.2) is 46.4 Å². The minimum Gasteiger partial charge on any atom is -0.479 e. The lowest BCUT2D eigenvalue weighted by molar-refractivity contribution is 0.290. The average molecular weight is 408 g/mol. The van der Waals surface area contributed by atoms with Crippen LogP contribution in [0.15, 0.2) is 35.3 Å². The highest BCUT2D eigenvalue weighted by molar-refractivity contribution is 5.87. The van der Waals surface area contributed by atoms with Crippen molar-refractivity contribution < 1.29 is 13.5 Å². The van der Waals surface area contributed by atoms with E-state index < -0.39 is 6.17 Å². The largest absolute Gasteiger partial charge is 0.479 e. The van der Waals surface area contributed by atoms with Crippen LogP contribution in [0, 0.1) is 6.92 Å². The van der Waals surface area contributed by atoms with Crippen LogP contribution in [0.2, 0.25) is 0 Å². The zero-order valence-corrected chi connectivity index (χ0v) is 16.4. The molecule has 5 aromatic rings. The molecule has 0 aliphatic rings. The Balaban J connectivity index is 1.62. The molecule has 0 radical (unpaired) electrons. The highest BCUT2D eigenvalue weighted by Gasteiger charge is 2.18. The summed E-state index contributed by atoms with van der Waals surface area (Å²) in [6.45, 7) is 3.47. The molecular weight excluding hydrogens is 391 g/mol. The third-order valence-electron chi connectivity index (χ3n) is 4.84. The van der Waals surface area contributed by atoms with E-state index in [-0.39, 0.29) is 12.4 Å². The second-order valence-electron chi connectivity index (χ2n) is 6.75. The molecule has 11 heteroatoms. The number of hydrogen-bond acceptors (Lipinski definition) is 8. The summed E-state index contributed by atoms with van der Waals surface area (Å²) in [5.41, 5.74) is 3.83. The predicted octanol–water partition coefficient (Wildman–Crippen LogP) is 2.92. The van der Waals surface area contributed by atoms with Crippen molar-refractivity contribution in [1.29, 1.82) is 0 Å². The Kier molecular flexibility index (Phi) is 4.16. The molecule has 1 atom stereocenters. The van der Waals surface area contributed by atoms with E-state index in [9.17, 15) is 4.39 Å². The van der Waals surface area contributed by atoms with Gasteiger partial charge in [-0.25, -0.2) is 18.9 Å². The molecule has 0 unspecified atom stereocenters. The predicted molar refractivity (Wildman–Crippen MR) is 104 cm³/mol. The van der Waals surface area contributed by atoms with Crippen molar-refractivity contribution >= 4 is 16.7 Å². The van der Waals surface area contributed by atoms with E-state index in [2.05, 4.69) is 30.2 Å². The standard InChI is InChI=1S/C19H17FN8O2/c1-10(20)18-26-25-15(30-18)8-27-11(2)24-17-14(27)6-12(7-21-17)13-4-5-28-16(13)19(29-3)22-9-23-28/h4-7,9-10H,8H2,1-3H3/t10-/m0/s1. The number of alkyl halides is 1. The number of hydrogen-bond donors (Lipinski definition) is 0. The molecule has 30 heavy (non-hydrogen) atoms. The Morgan fingerprint density at radius 1 is 1.27 bits per heavy atom. The molecule has 0 aliphatic carbocycles. The van der Waals surface area contributed by atoms with Gasteiger partial charge in [0.2, 0.25) is 17.7 Å². The van der Waals surface area contributed by atoms with Crippen molar-refractivity contribution in [3.8, 4) is 17.0 Å². The van der Waals surface area contributed by atoms with Crippen molar-refractivity contribution in [1.82, 2.24) is 39.3 Å². The van der Waals surface area contributed by atoms with Crippen LogP contribution in [0.5, 0.6) is 5.88 Å². The van der Waals surface area contributed by atoms with Crippen LogP contribution in [-0.2, 0) is 6.54 Å². The van der Waals surface area contributed by atoms with Crippen LogP contribution >= 0.6 is 0 Å². The van der Waals surface area contributed by atoms with Crippen molar-refractivity contribution in [2.45, 2.75) is 26.6 Å². The highest BCUT2D eigenvalue weighted by atomic mass is 19.1. The van der Waals surface area contributed by atoms with Gasteiger partial charge < -0.3 is 13.7 Å². The number of pyridine rings is 1. The van der Waals surface area contributed by atoms with Gasteiger partial charge >= 0.3 is 0 Å². The van der Waals surface area contributed by atoms with Crippen LogP contribution < -0.4 is 4.74 Å². The van der Waals surface area contributed by atoms with Crippen molar-refractivity contribution in [3.63, 3.8) is 0 Å². The SMILES string of the molecule is COc1ncnn2ccc(-c3cnc4nc(C)n(Cc5nnc([C@H](C)F)o5)c4c3)c12. The van der Waals surface area contributed by atoms with E-state index in [1.54, 1.807) is 17.8 Å². The summed E-state index contributed by atoms with van der Waals surface area (Å²) in [7, 11) is 1.57. The molecule has 0 N–H and O–H groups in total. The summed E-state index contributed by atoms with van der Waals surface area (Å²) >= 11 is 0. The normalized spacial score (nSPS) is 12.7. The van der Waals surface area contributed by atoms with Crippen molar-refractivity contribution in [2.75, 3.05) is 7.11 Å². The van der Waals surface area contributed by atoms with E-state index in [4.69, 9.17) is 9.15 Å². The first-order valence-electron chi connectivity index (χ1n) is 9.21. The third-order valence-corrected chi connectivity index (χ3v) is 4.84. The molecule has 0 saturated carbocycles. The summed E-state index contributed by atoms with van der Waals surface area (Å²) in [6, 6.07) is 3.90. The first-order valence-corrected chi connectivity index (χ1v) is 9.21. The van der Waals surface area contributed by atoms with Crippen LogP contribution in [0.4, 0.5) is 4.39 Å². The summed E-state index contributed by atoms with van der Waals surface area (Å²) in [6.07, 6.45) is 3.70. The zero-order chi connectivity index (χ0) is 20.8. The fourth-order valence-electron chi connectivity index (χ4n) is 3.40. The molecule has 0 aromatic carbocycles. The second-order valence-corrected chi connectivity index (χ2v) is 6.75. The van der Waals surface area contributed by atoms with Gasteiger partial charge in [0.25, 0.3) is 0 Å². The van der Waals surface area contributed by atoms with E-state index in [0.29, 0.717) is 17.4 Å². The molecule has 0 fully saturated rings. The summed E-state index contributed by atoms with van der Waals surface area (Å²) in [5, 5.41) is 11.9. The van der Waals surface area contributed by atoms with E-state index in [1.807, 2.05) is 29.8 Å². The van der Waals surface area contributed by atoms with Gasteiger partial charge in [-0.3, -0.25) is 0 Å². The van der Waals surface area contributed by atoms with Gasteiger partial charge in [0.1, 0.15) is 24.2 Å². The minimum atomic E-state index is -1.32. The molecule has 5 heterocycles. The Hall–Kier alpha value is -3.89. The molecule has 0 amide bonds. The van der Waals surface area contributed by atoms with Crippen molar-refractivity contribution in [3.05, 3.63) is 48.5 Å². The Morgan fingerprint density at radius 2 is 2.13 bits per heavy atom. The van der Waals surface area contributed by atoms with Gasteiger partial charge in [0, 0.05) is 23.5 Å². The lowest BCUT2D eigenvalue weighted by Gasteiger charge is -2.06. The molecule has 0 saturated heterocycles. The molecular formula is C19H17FN8O2. The number of methoxy groups -OCH3 is 1. The van der Waals surface area contributed by atoms with Crippen LogP contribution in [0.3, 0.4) is 0 Å². The highest BCUT2D eigenvalue weighted by Crippen LogP contribution is 2.31. The lowest BCUT2D eigenvalue weighted by atomic mass is 10.1. The Bertz CT molecular complexity index is 1370. The molecule has 152 valence electrons. The molecule has 0 bridgehead atoms. The summed E-state index contributed by atoms with van der Waals surface area (Å²) < 4.78 is 27.8. The van der Waals surface area contributed by atoms with Crippen LogP contribution in [0.1, 0.15) is 30.7 Å². The summed E-state index contributed by atoms with van der Waals surface area (Å²) in [4.78, 5) is 13.2. The van der Waals surface area contributed by atoms with Gasteiger partial charge in [-0.1, -0.05) is 0 Å². The third kappa shape index (κ3) is 2.86. The number of imidazole rings is 1. The first kappa shape index (κ1) is 18.2. The summed E-state index contributed by atoms with van der Waals surface area (Å²) in [5.74, 6) is 1.45. The van der Waals surface area contributed by atoms with Gasteiger partial charge in [-0.15, -0.1) is 10.2 Å². The number of fused-ring (bicyclic) bond motifs is 2. The van der Waals surface area contributed by atoms with E-state index in [1.165, 1.54) is 13.3 Å². The Labute approximate surface area is 169 Å². The fraction of sp³-hybridized carbons (Fsp3) is 0.263. The van der Waals surface area contributed by atoms with Gasteiger partial charge in [0.05, 0.1) is 12.6 Å². The maximum Gasteiger partial charge on any atom is 0.250 e. The zero-order valence-electron chi connectivity index (χ0n) is 16.4. The maximum absolute atomic E-state index is 13.4. The number of halogens is 1. The molecule has 5 rings (SSSR count). The number of aryl methyl sites for hydroxylation is 1. The quantitative estimate of drug-likeness (QED) is 0.437. The number of ether oxygens (including phenoxy) is 1. The average Bonchev–Trinajstić information content (AvgIpc) is 3.45. The maximum atomic E-state index is 13.4. The first-order chi connectivity index (χ1) is 14.5. The lowest BCUT2D eigenvalue weighted by Crippen LogP contribution is -2.02. The smallest absolute Gasteiger partial charge is 0.250 e. The molecule has 10 nitrogen and oxygen atoms in total. The fourth-order valence-corrected chi connectivity index (χ4v) is 3.40. The molecule has 0 aliphatic heterocycles. The van der Waals surface area contributed by atoms with E-state index in [0.717, 1.165) is 28.0 Å².